The molecule has 6 nitrogen and oxygen atoms in total. The number of carbonyl (C=O) groups is 3. The molecule has 0 fully saturated rings. The smallest absolute Gasteiger partial charge is 0.306 e. The molecule has 0 heterocycles. The van der Waals surface area contributed by atoms with Crippen LogP contribution in [0.3, 0.4) is 0 Å². The highest BCUT2D eigenvalue weighted by Gasteiger charge is 2.19. The van der Waals surface area contributed by atoms with Crippen LogP contribution in [0.1, 0.15) is 316 Å². The molecule has 0 radical (unpaired) electrons. The summed E-state index contributed by atoms with van der Waals surface area (Å²) < 4.78 is 16.8. The van der Waals surface area contributed by atoms with E-state index in [1.54, 1.807) is 0 Å². The highest BCUT2D eigenvalue weighted by molar-refractivity contribution is 5.71. The average molecular weight is 863 g/mol. The number of esters is 3. The fraction of sp³-hybridized carbons (Fsp3) is 0.945. The molecule has 0 spiro atoms. The second-order valence-electron chi connectivity index (χ2n) is 18.9. The summed E-state index contributed by atoms with van der Waals surface area (Å²) >= 11 is 0. The molecule has 0 aliphatic carbocycles. The van der Waals surface area contributed by atoms with Crippen molar-refractivity contribution in [3.63, 3.8) is 0 Å². The zero-order chi connectivity index (χ0) is 44.4. The second-order valence-corrected chi connectivity index (χ2v) is 18.9. The van der Waals surface area contributed by atoms with E-state index in [0.717, 1.165) is 57.8 Å². The summed E-state index contributed by atoms with van der Waals surface area (Å²) in [6.07, 6.45) is 55.2. The Bertz CT molecular complexity index is 905. The monoisotopic (exact) mass is 863 g/mol. The first-order valence-electron chi connectivity index (χ1n) is 27.5. The maximum Gasteiger partial charge on any atom is 0.306 e. The molecule has 0 N–H and O–H groups in total. The fourth-order valence-corrected chi connectivity index (χ4v) is 8.45. The van der Waals surface area contributed by atoms with Crippen molar-refractivity contribution < 1.29 is 28.6 Å². The Morgan fingerprint density at radius 3 is 0.656 bits per heavy atom. The first-order chi connectivity index (χ1) is 30.0. The van der Waals surface area contributed by atoms with Crippen LogP contribution in [0.25, 0.3) is 0 Å². The number of carbonyl (C=O) groups excluding carboxylic acids is 3. The van der Waals surface area contributed by atoms with Gasteiger partial charge >= 0.3 is 17.9 Å². The van der Waals surface area contributed by atoms with Gasteiger partial charge in [0.25, 0.3) is 0 Å². The molecule has 0 aromatic heterocycles. The number of ether oxygens (including phenoxy) is 3. The van der Waals surface area contributed by atoms with E-state index in [2.05, 4.69) is 20.8 Å². The van der Waals surface area contributed by atoms with Crippen molar-refractivity contribution >= 4 is 17.9 Å². The maximum atomic E-state index is 12.8. The molecule has 0 saturated carbocycles. The lowest BCUT2D eigenvalue weighted by Crippen LogP contribution is -2.30. The van der Waals surface area contributed by atoms with Gasteiger partial charge in [-0.15, -0.1) is 0 Å². The Hall–Kier alpha value is -1.59. The molecule has 0 aliphatic heterocycles. The molecule has 0 amide bonds. The largest absolute Gasteiger partial charge is 0.462 e. The van der Waals surface area contributed by atoms with Gasteiger partial charge in [-0.25, -0.2) is 0 Å². The maximum absolute atomic E-state index is 12.8. The summed E-state index contributed by atoms with van der Waals surface area (Å²) in [4.78, 5) is 38.0. The number of hydrogen-bond acceptors (Lipinski definition) is 6. The minimum Gasteiger partial charge on any atom is -0.462 e. The van der Waals surface area contributed by atoms with E-state index in [-0.39, 0.29) is 31.1 Å². The van der Waals surface area contributed by atoms with E-state index in [9.17, 15) is 14.4 Å². The molecule has 0 bridgehead atoms. The van der Waals surface area contributed by atoms with Crippen molar-refractivity contribution in [3.05, 3.63) is 0 Å². The van der Waals surface area contributed by atoms with Crippen LogP contribution in [0.4, 0.5) is 0 Å². The van der Waals surface area contributed by atoms with Gasteiger partial charge in [0.15, 0.2) is 6.10 Å². The molecule has 61 heavy (non-hydrogen) atoms. The molecule has 0 aromatic rings. The molecule has 0 unspecified atom stereocenters. The summed E-state index contributed by atoms with van der Waals surface area (Å²) in [6.45, 7) is 6.68. The van der Waals surface area contributed by atoms with E-state index in [1.165, 1.54) is 218 Å². The molecule has 0 rings (SSSR count). The molecule has 0 aliphatic rings. The molecule has 6 heteroatoms. The number of unbranched alkanes of at least 4 members (excludes halogenated alkanes) is 40. The third kappa shape index (κ3) is 49.3. The van der Waals surface area contributed by atoms with E-state index in [4.69, 9.17) is 14.2 Å². The summed E-state index contributed by atoms with van der Waals surface area (Å²) in [5, 5.41) is 0. The van der Waals surface area contributed by atoms with Gasteiger partial charge < -0.3 is 14.2 Å². The van der Waals surface area contributed by atoms with Crippen LogP contribution in [0.15, 0.2) is 0 Å². The third-order valence-corrected chi connectivity index (χ3v) is 12.6. The van der Waals surface area contributed by atoms with Crippen LogP contribution >= 0.6 is 0 Å². The lowest BCUT2D eigenvalue weighted by atomic mass is 10.0. The summed E-state index contributed by atoms with van der Waals surface area (Å²) in [6, 6.07) is 0. The summed E-state index contributed by atoms with van der Waals surface area (Å²) in [7, 11) is 0. The Morgan fingerprint density at radius 2 is 0.443 bits per heavy atom. The molecule has 0 aromatic carbocycles. The zero-order valence-electron chi connectivity index (χ0n) is 41.5. The Balaban J connectivity index is 4.22. The lowest BCUT2D eigenvalue weighted by Gasteiger charge is -2.18. The van der Waals surface area contributed by atoms with Crippen molar-refractivity contribution in [2.75, 3.05) is 13.2 Å². The van der Waals surface area contributed by atoms with Crippen molar-refractivity contribution in [1.82, 2.24) is 0 Å². The van der Waals surface area contributed by atoms with E-state index < -0.39 is 6.10 Å². The summed E-state index contributed by atoms with van der Waals surface area (Å²) in [5.41, 5.74) is 0. The van der Waals surface area contributed by atoms with Crippen molar-refractivity contribution in [2.24, 2.45) is 0 Å². The van der Waals surface area contributed by atoms with Crippen molar-refractivity contribution in [2.45, 2.75) is 322 Å². The Labute approximate surface area is 380 Å². The fourth-order valence-electron chi connectivity index (χ4n) is 8.45. The Morgan fingerprint density at radius 1 is 0.262 bits per heavy atom. The van der Waals surface area contributed by atoms with Gasteiger partial charge in [0.2, 0.25) is 0 Å². The Kier molecular flexibility index (Phi) is 49.7. The van der Waals surface area contributed by atoms with Gasteiger partial charge in [-0.2, -0.15) is 0 Å². The highest BCUT2D eigenvalue weighted by atomic mass is 16.6. The molecular weight excluding hydrogens is 757 g/mol. The van der Waals surface area contributed by atoms with Crippen LogP contribution < -0.4 is 0 Å². The van der Waals surface area contributed by atoms with Crippen LogP contribution in [-0.4, -0.2) is 37.2 Å². The minimum absolute atomic E-state index is 0.0616. The molecule has 0 saturated heterocycles. The summed E-state index contributed by atoms with van der Waals surface area (Å²) in [5.74, 6) is -0.838. The first-order valence-corrected chi connectivity index (χ1v) is 27.5. The molecular formula is C55H106O6. The highest BCUT2D eigenvalue weighted by Crippen LogP contribution is 2.17. The molecule has 1 atom stereocenters. The SMILES string of the molecule is CCCCCCCCCCCCCCCCCCCCC(=O)OC[C@H](COC(=O)CCCCCCCCCCCCCCCCC)OC(=O)CCCCCCCCCCCC. The third-order valence-electron chi connectivity index (χ3n) is 12.6. The van der Waals surface area contributed by atoms with Crippen LogP contribution in [-0.2, 0) is 28.6 Å². The predicted octanol–water partition coefficient (Wildman–Crippen LogP) is 18.0. The quantitative estimate of drug-likeness (QED) is 0.0344. The van der Waals surface area contributed by atoms with Crippen molar-refractivity contribution in [1.29, 1.82) is 0 Å². The van der Waals surface area contributed by atoms with Crippen LogP contribution in [0.2, 0.25) is 0 Å². The van der Waals surface area contributed by atoms with Gasteiger partial charge in [0.05, 0.1) is 0 Å². The number of hydrogen-bond donors (Lipinski definition) is 0. The van der Waals surface area contributed by atoms with E-state index in [1.807, 2.05) is 0 Å². The van der Waals surface area contributed by atoms with Gasteiger partial charge in [0.1, 0.15) is 13.2 Å². The van der Waals surface area contributed by atoms with E-state index >= 15 is 0 Å². The predicted molar refractivity (Wildman–Crippen MR) is 261 cm³/mol. The van der Waals surface area contributed by atoms with Gasteiger partial charge in [-0.05, 0) is 19.3 Å². The second kappa shape index (κ2) is 51.0. The van der Waals surface area contributed by atoms with Gasteiger partial charge in [-0.1, -0.05) is 278 Å². The lowest BCUT2D eigenvalue weighted by molar-refractivity contribution is -0.167. The minimum atomic E-state index is -0.759. The van der Waals surface area contributed by atoms with Crippen LogP contribution in [0, 0.1) is 0 Å². The molecule has 362 valence electrons. The topological polar surface area (TPSA) is 78.9 Å². The zero-order valence-corrected chi connectivity index (χ0v) is 41.5. The first kappa shape index (κ1) is 59.4. The van der Waals surface area contributed by atoms with Crippen molar-refractivity contribution in [3.8, 4) is 0 Å². The van der Waals surface area contributed by atoms with Crippen LogP contribution in [0.5, 0.6) is 0 Å². The number of rotatable bonds is 51. The average Bonchev–Trinajstić information content (AvgIpc) is 3.26. The van der Waals surface area contributed by atoms with Gasteiger partial charge in [0, 0.05) is 19.3 Å². The normalized spacial score (nSPS) is 11.9. The van der Waals surface area contributed by atoms with Gasteiger partial charge in [-0.3, -0.25) is 14.4 Å². The standard InChI is InChI=1S/C55H106O6/c1-4-7-10-13-16-19-22-24-26-27-28-30-32-34-37-39-42-45-48-54(57)60-51-52(61-55(58)49-46-43-40-35-21-18-15-12-9-6-3)50-59-53(56)47-44-41-38-36-33-31-29-25-23-20-17-14-11-8-5-2/h52H,4-51H2,1-3H3/t52-/m0/s1. The van der Waals surface area contributed by atoms with E-state index in [0.29, 0.717) is 19.3 Å².